The molecule has 0 radical (unpaired) electrons. The second-order valence-corrected chi connectivity index (χ2v) is 5.74. The normalized spacial score (nSPS) is 18.0. The Morgan fingerprint density at radius 1 is 1.43 bits per heavy atom. The maximum atomic E-state index is 12.0. The third kappa shape index (κ3) is 3.46. The lowest BCUT2D eigenvalue weighted by molar-refractivity contribution is -0.143. The van der Waals surface area contributed by atoms with Gasteiger partial charge in [0.25, 0.3) is 0 Å². The summed E-state index contributed by atoms with van der Waals surface area (Å²) in [5.41, 5.74) is 2.88. The van der Waals surface area contributed by atoms with E-state index in [1.165, 1.54) is 5.56 Å². The van der Waals surface area contributed by atoms with Crippen molar-refractivity contribution in [3.05, 3.63) is 22.9 Å². The van der Waals surface area contributed by atoms with Gasteiger partial charge in [-0.15, -0.1) is 0 Å². The van der Waals surface area contributed by atoms with Crippen molar-refractivity contribution in [1.29, 1.82) is 0 Å². The maximum Gasteiger partial charge on any atom is 0.248 e. The minimum Gasteiger partial charge on any atom is -0.370 e. The van der Waals surface area contributed by atoms with E-state index in [0.717, 1.165) is 36.5 Å². The van der Waals surface area contributed by atoms with Gasteiger partial charge in [-0.3, -0.25) is 4.79 Å². The van der Waals surface area contributed by atoms with Gasteiger partial charge in [0.05, 0.1) is 6.61 Å². The van der Waals surface area contributed by atoms with Gasteiger partial charge >= 0.3 is 0 Å². The first-order valence-electron chi connectivity index (χ1n) is 7.90. The van der Waals surface area contributed by atoms with E-state index >= 15 is 0 Å². The molecular formula is C16H23N3O4. The van der Waals surface area contributed by atoms with Gasteiger partial charge in [-0.05, 0) is 30.0 Å². The molecule has 0 atom stereocenters. The monoisotopic (exact) mass is 321 g/mol. The molecule has 0 aromatic carbocycles. The van der Waals surface area contributed by atoms with Crippen LogP contribution in [0.4, 0.5) is 5.82 Å². The van der Waals surface area contributed by atoms with Crippen molar-refractivity contribution in [2.45, 2.75) is 25.7 Å². The lowest BCUT2D eigenvalue weighted by Crippen LogP contribution is -2.41. The van der Waals surface area contributed by atoms with Crippen LogP contribution in [0.15, 0.2) is 6.07 Å². The number of morpholine rings is 1. The molecule has 7 heteroatoms. The van der Waals surface area contributed by atoms with Crippen LogP contribution in [0.25, 0.3) is 0 Å². The first-order valence-corrected chi connectivity index (χ1v) is 7.90. The zero-order valence-corrected chi connectivity index (χ0v) is 13.6. The average molecular weight is 321 g/mol. The molecule has 1 aromatic rings. The van der Waals surface area contributed by atoms with Crippen LogP contribution in [-0.2, 0) is 32.0 Å². The van der Waals surface area contributed by atoms with Gasteiger partial charge in [-0.1, -0.05) is 0 Å². The molecule has 2 aliphatic rings. The lowest BCUT2D eigenvalue weighted by atomic mass is 10.0. The number of aryl methyl sites for hydroxylation is 1. The maximum absolute atomic E-state index is 12.0. The highest BCUT2D eigenvalue weighted by molar-refractivity contribution is 5.78. The minimum absolute atomic E-state index is 0.00410. The van der Waals surface area contributed by atoms with Crippen LogP contribution in [0.1, 0.15) is 29.5 Å². The summed E-state index contributed by atoms with van der Waals surface area (Å²) in [6, 6.07) is 2.12. The van der Waals surface area contributed by atoms with Crippen LogP contribution in [-0.4, -0.2) is 56.3 Å². The highest BCUT2D eigenvalue weighted by Crippen LogP contribution is 2.28. The van der Waals surface area contributed by atoms with Gasteiger partial charge in [-0.25, -0.2) is 4.98 Å². The number of amides is 1. The number of nitrogens with one attached hydrogen (secondary N) is 1. The number of carbonyl (C=O) groups excluding carboxylic acids is 1. The highest BCUT2D eigenvalue weighted by Gasteiger charge is 2.25. The third-order valence-electron chi connectivity index (χ3n) is 4.23. The van der Waals surface area contributed by atoms with E-state index in [4.69, 9.17) is 19.2 Å². The molecule has 0 spiro atoms. The number of rotatable bonds is 5. The van der Waals surface area contributed by atoms with Crippen LogP contribution in [0.2, 0.25) is 0 Å². The van der Waals surface area contributed by atoms with E-state index in [0.29, 0.717) is 19.7 Å². The summed E-state index contributed by atoms with van der Waals surface area (Å²) in [7, 11) is 3.18. The molecule has 1 amide bonds. The summed E-state index contributed by atoms with van der Waals surface area (Å²) < 4.78 is 16.0. The quantitative estimate of drug-likeness (QED) is 0.819. The summed E-state index contributed by atoms with van der Waals surface area (Å²) >= 11 is 0. The summed E-state index contributed by atoms with van der Waals surface area (Å²) in [4.78, 5) is 18.5. The number of anilines is 1. The summed E-state index contributed by atoms with van der Waals surface area (Å²) in [6.45, 7) is 2.73. The molecule has 126 valence electrons. The highest BCUT2D eigenvalue weighted by atomic mass is 16.7. The minimum atomic E-state index is -0.546. The molecular weight excluding hydrogens is 298 g/mol. The van der Waals surface area contributed by atoms with Crippen LogP contribution >= 0.6 is 0 Å². The second-order valence-electron chi connectivity index (χ2n) is 5.74. The van der Waals surface area contributed by atoms with Crippen LogP contribution in [0.3, 0.4) is 0 Å². The molecule has 1 N–H and O–H groups in total. The van der Waals surface area contributed by atoms with Gasteiger partial charge in [-0.2, -0.15) is 0 Å². The van der Waals surface area contributed by atoms with Crippen molar-refractivity contribution >= 4 is 11.7 Å². The topological polar surface area (TPSA) is 72.9 Å². The number of fused-ring (bicyclic) bond motifs is 1. The van der Waals surface area contributed by atoms with Gasteiger partial charge in [0.1, 0.15) is 18.1 Å². The largest absolute Gasteiger partial charge is 0.370 e. The summed E-state index contributed by atoms with van der Waals surface area (Å²) in [5.74, 6) is 0.895. The van der Waals surface area contributed by atoms with E-state index in [1.54, 1.807) is 19.1 Å². The molecule has 3 heterocycles. The van der Waals surface area contributed by atoms with Gasteiger partial charge < -0.3 is 24.4 Å². The Labute approximate surface area is 135 Å². The predicted molar refractivity (Wildman–Crippen MR) is 84.0 cm³/mol. The molecule has 1 saturated heterocycles. The Hall–Kier alpha value is -1.70. The van der Waals surface area contributed by atoms with Crippen LogP contribution in [0.5, 0.6) is 0 Å². The smallest absolute Gasteiger partial charge is 0.248 e. The number of aromatic nitrogens is 1. The fraction of sp³-hybridized carbons (Fsp3) is 0.625. The first kappa shape index (κ1) is 16.2. The molecule has 1 fully saturated rings. The zero-order valence-electron chi connectivity index (χ0n) is 13.6. The molecule has 0 saturated carbocycles. The number of methoxy groups -OCH3 is 2. The fourth-order valence-electron chi connectivity index (χ4n) is 3.02. The number of nitrogens with zero attached hydrogens (tertiary/aromatic N) is 2. The van der Waals surface area contributed by atoms with E-state index in [-0.39, 0.29) is 12.5 Å². The first-order chi connectivity index (χ1) is 11.2. The number of hydrogen-bond acceptors (Lipinski definition) is 6. The van der Waals surface area contributed by atoms with Gasteiger partial charge in [0.15, 0.2) is 0 Å². The van der Waals surface area contributed by atoms with Crippen molar-refractivity contribution in [2.75, 3.05) is 45.8 Å². The van der Waals surface area contributed by atoms with Crippen molar-refractivity contribution < 1.29 is 19.0 Å². The molecule has 0 aliphatic carbocycles. The Morgan fingerprint density at radius 3 is 3.00 bits per heavy atom. The number of ether oxygens (including phenoxy) is 3. The Balaban J connectivity index is 1.93. The Morgan fingerprint density at radius 2 is 2.26 bits per heavy atom. The predicted octanol–water partition coefficient (Wildman–Crippen LogP) is 1.09. The average Bonchev–Trinajstić information content (AvgIpc) is 2.58. The van der Waals surface area contributed by atoms with Crippen molar-refractivity contribution in [3.63, 3.8) is 0 Å². The van der Waals surface area contributed by atoms with Crippen molar-refractivity contribution in [2.24, 2.45) is 0 Å². The lowest BCUT2D eigenvalue weighted by Gasteiger charge is -2.29. The van der Waals surface area contributed by atoms with Crippen molar-refractivity contribution in [3.8, 4) is 0 Å². The molecule has 0 unspecified atom stereocenters. The third-order valence-corrected chi connectivity index (χ3v) is 4.23. The van der Waals surface area contributed by atoms with Crippen LogP contribution in [0, 0.1) is 0 Å². The Bertz CT molecular complexity index is 575. The Kier molecular flexibility index (Phi) is 5.09. The molecule has 0 bridgehead atoms. The van der Waals surface area contributed by atoms with E-state index in [2.05, 4.69) is 11.4 Å². The molecule has 1 aromatic heterocycles. The molecule has 3 rings (SSSR count). The SMILES string of the molecule is COC(OC)c1nc2c(cc1CN1CCOCC1=O)CCCN2. The van der Waals surface area contributed by atoms with E-state index < -0.39 is 6.29 Å². The van der Waals surface area contributed by atoms with Crippen LogP contribution < -0.4 is 5.32 Å². The number of carbonyl (C=O) groups is 1. The summed E-state index contributed by atoms with van der Waals surface area (Å²) in [5, 5.41) is 3.32. The van der Waals surface area contributed by atoms with Crippen molar-refractivity contribution in [1.82, 2.24) is 9.88 Å². The number of hydrogen-bond donors (Lipinski definition) is 1. The van der Waals surface area contributed by atoms with Gasteiger partial charge in [0.2, 0.25) is 12.2 Å². The van der Waals surface area contributed by atoms with E-state index in [9.17, 15) is 4.79 Å². The standard InChI is InChI=1S/C16H23N3O4/c1-21-16(22-2)14-12(9-19-6-7-23-10-13(19)20)8-11-4-3-5-17-15(11)18-14/h8,16H,3-7,9-10H2,1-2H3,(H,17,18). The number of pyridine rings is 1. The van der Waals surface area contributed by atoms with E-state index in [1.807, 2.05) is 0 Å². The molecule has 2 aliphatic heterocycles. The zero-order chi connectivity index (χ0) is 16.2. The van der Waals surface area contributed by atoms with Gasteiger partial charge in [0, 0.05) is 33.9 Å². The fourth-order valence-corrected chi connectivity index (χ4v) is 3.02. The second kappa shape index (κ2) is 7.25. The molecule has 7 nitrogen and oxygen atoms in total. The summed E-state index contributed by atoms with van der Waals surface area (Å²) in [6.07, 6.45) is 1.53. The molecule has 23 heavy (non-hydrogen) atoms.